The third kappa shape index (κ3) is 3.55. The predicted molar refractivity (Wildman–Crippen MR) is 112 cm³/mol. The number of rotatable bonds is 4. The molecule has 1 aromatic carbocycles. The second kappa shape index (κ2) is 7.68. The van der Waals surface area contributed by atoms with Gasteiger partial charge in [-0.3, -0.25) is 4.79 Å². The van der Waals surface area contributed by atoms with Crippen molar-refractivity contribution >= 4 is 16.9 Å². The van der Waals surface area contributed by atoms with Crippen LogP contribution in [0.15, 0.2) is 58.8 Å². The van der Waals surface area contributed by atoms with E-state index in [1.807, 2.05) is 36.3 Å². The van der Waals surface area contributed by atoms with Crippen molar-refractivity contribution < 1.29 is 9.21 Å². The molecular weight excluding hydrogens is 382 g/mol. The number of likely N-dealkylation sites (N-methyl/N-ethyl adjacent to an activating group) is 1. The van der Waals surface area contributed by atoms with Gasteiger partial charge in [-0.05, 0) is 24.3 Å². The molecule has 5 rings (SSSR count). The van der Waals surface area contributed by atoms with Crippen LogP contribution in [0.3, 0.4) is 0 Å². The number of hydrogen-bond acceptors (Lipinski definition) is 7. The maximum Gasteiger partial charge on any atom is 0.311 e. The standard InChI is InChI=1S/C21H23N7O2/c1-27-7-4-18(28-8-5-22-6-9-28)17(12-27)26-20(29)21-23-11-19(30-21)14-2-3-15-16(10-14)25-13-24-15/h2-4,10-13,22H,5-9H2,1H3,(H,24,25)(H,26,29). The Hall–Kier alpha value is -3.59. The van der Waals surface area contributed by atoms with Crippen LogP contribution in [-0.2, 0) is 0 Å². The zero-order valence-electron chi connectivity index (χ0n) is 16.7. The SMILES string of the molecule is CN1C=C(NC(=O)c2ncc(-c3ccc4nc[nH]c4c3)o2)C(N2CCNCC2)=CC1. The van der Waals surface area contributed by atoms with E-state index in [0.29, 0.717) is 5.76 Å². The highest BCUT2D eigenvalue weighted by Gasteiger charge is 2.23. The van der Waals surface area contributed by atoms with Gasteiger partial charge in [0.2, 0.25) is 0 Å². The number of carbonyl (C=O) groups excluding carboxylic acids is 1. The minimum atomic E-state index is -0.369. The Morgan fingerprint density at radius 3 is 2.97 bits per heavy atom. The highest BCUT2D eigenvalue weighted by molar-refractivity contribution is 5.92. The number of carbonyl (C=O) groups is 1. The van der Waals surface area contributed by atoms with Gasteiger partial charge in [0, 0.05) is 51.5 Å². The van der Waals surface area contributed by atoms with Gasteiger partial charge in [-0.2, -0.15) is 0 Å². The van der Waals surface area contributed by atoms with E-state index in [2.05, 4.69) is 36.6 Å². The molecule has 2 aromatic heterocycles. The molecule has 3 aromatic rings. The molecule has 3 N–H and O–H groups in total. The third-order valence-electron chi connectivity index (χ3n) is 5.31. The number of amides is 1. The van der Waals surface area contributed by atoms with Gasteiger partial charge in [0.25, 0.3) is 5.89 Å². The maximum absolute atomic E-state index is 12.9. The number of aromatic nitrogens is 3. The molecule has 4 heterocycles. The molecule has 154 valence electrons. The normalized spacial score (nSPS) is 17.1. The summed E-state index contributed by atoms with van der Waals surface area (Å²) in [6, 6.07) is 5.72. The average Bonchev–Trinajstić information content (AvgIpc) is 3.44. The van der Waals surface area contributed by atoms with Crippen LogP contribution in [-0.4, -0.2) is 70.4 Å². The van der Waals surface area contributed by atoms with Crippen LogP contribution < -0.4 is 10.6 Å². The highest BCUT2D eigenvalue weighted by Crippen LogP contribution is 2.24. The summed E-state index contributed by atoms with van der Waals surface area (Å²) in [5.41, 5.74) is 4.40. The second-order valence-corrected chi connectivity index (χ2v) is 7.43. The van der Waals surface area contributed by atoms with Crippen LogP contribution in [0.4, 0.5) is 0 Å². The summed E-state index contributed by atoms with van der Waals surface area (Å²) in [5.74, 6) is 0.194. The van der Waals surface area contributed by atoms with Crippen LogP contribution in [0, 0.1) is 0 Å². The first-order valence-corrected chi connectivity index (χ1v) is 9.96. The molecular formula is C21H23N7O2. The van der Waals surface area contributed by atoms with Crippen molar-refractivity contribution in [3.63, 3.8) is 0 Å². The molecule has 1 amide bonds. The van der Waals surface area contributed by atoms with Gasteiger partial charge in [0.1, 0.15) is 0 Å². The predicted octanol–water partition coefficient (Wildman–Crippen LogP) is 1.52. The monoisotopic (exact) mass is 405 g/mol. The molecule has 30 heavy (non-hydrogen) atoms. The second-order valence-electron chi connectivity index (χ2n) is 7.43. The summed E-state index contributed by atoms with van der Waals surface area (Å²) in [4.78, 5) is 28.7. The number of benzene rings is 1. The molecule has 9 heteroatoms. The molecule has 0 aliphatic carbocycles. The Balaban J connectivity index is 1.35. The minimum Gasteiger partial charge on any atom is -0.432 e. The Morgan fingerprint density at radius 2 is 2.10 bits per heavy atom. The number of imidazole rings is 1. The van der Waals surface area contributed by atoms with Crippen LogP contribution in [0.1, 0.15) is 10.7 Å². The summed E-state index contributed by atoms with van der Waals surface area (Å²) in [6.07, 6.45) is 7.31. The molecule has 0 saturated carbocycles. The van der Waals surface area contributed by atoms with Crippen molar-refractivity contribution in [3.8, 4) is 11.3 Å². The summed E-state index contributed by atoms with van der Waals surface area (Å²) in [6.45, 7) is 4.47. The van der Waals surface area contributed by atoms with E-state index < -0.39 is 0 Å². The number of piperazine rings is 1. The van der Waals surface area contributed by atoms with Crippen molar-refractivity contribution in [2.45, 2.75) is 0 Å². The van der Waals surface area contributed by atoms with Gasteiger partial charge in [-0.15, -0.1) is 0 Å². The lowest BCUT2D eigenvalue weighted by Gasteiger charge is -2.35. The van der Waals surface area contributed by atoms with Crippen LogP contribution in [0.25, 0.3) is 22.4 Å². The zero-order valence-corrected chi connectivity index (χ0v) is 16.7. The van der Waals surface area contributed by atoms with Gasteiger partial charge in [-0.25, -0.2) is 9.97 Å². The lowest BCUT2D eigenvalue weighted by Crippen LogP contribution is -2.45. The molecule has 0 unspecified atom stereocenters. The topological polar surface area (TPSA) is 102 Å². The van der Waals surface area contributed by atoms with E-state index in [-0.39, 0.29) is 11.8 Å². The van der Waals surface area contributed by atoms with E-state index in [0.717, 1.165) is 60.7 Å². The molecule has 0 atom stereocenters. The van der Waals surface area contributed by atoms with Crippen molar-refractivity contribution in [2.75, 3.05) is 39.8 Å². The van der Waals surface area contributed by atoms with Gasteiger partial charge in [0.15, 0.2) is 5.76 Å². The number of hydrogen-bond donors (Lipinski definition) is 3. The minimum absolute atomic E-state index is 0.0310. The van der Waals surface area contributed by atoms with E-state index in [1.54, 1.807) is 12.5 Å². The van der Waals surface area contributed by atoms with E-state index in [9.17, 15) is 4.79 Å². The van der Waals surface area contributed by atoms with Crippen LogP contribution >= 0.6 is 0 Å². The first-order valence-electron chi connectivity index (χ1n) is 9.96. The number of aromatic amines is 1. The third-order valence-corrected chi connectivity index (χ3v) is 5.31. The molecule has 0 radical (unpaired) electrons. The number of oxazole rings is 1. The first-order chi connectivity index (χ1) is 14.7. The lowest BCUT2D eigenvalue weighted by molar-refractivity contribution is 0.0930. The van der Waals surface area contributed by atoms with Gasteiger partial charge < -0.3 is 29.8 Å². The average molecular weight is 405 g/mol. The molecule has 2 aliphatic rings. The maximum atomic E-state index is 12.9. The highest BCUT2D eigenvalue weighted by atomic mass is 16.4. The largest absolute Gasteiger partial charge is 0.432 e. The molecule has 0 spiro atoms. The van der Waals surface area contributed by atoms with Gasteiger partial charge in [-0.1, -0.05) is 0 Å². The lowest BCUT2D eigenvalue weighted by atomic mass is 10.1. The fourth-order valence-electron chi connectivity index (χ4n) is 3.76. The van der Waals surface area contributed by atoms with E-state index in [4.69, 9.17) is 4.42 Å². The molecule has 0 bridgehead atoms. The summed E-state index contributed by atoms with van der Waals surface area (Å²) in [7, 11) is 1.98. The van der Waals surface area contributed by atoms with E-state index in [1.165, 1.54) is 0 Å². The summed E-state index contributed by atoms with van der Waals surface area (Å²) < 4.78 is 5.76. The Kier molecular flexibility index (Phi) is 4.72. The van der Waals surface area contributed by atoms with Crippen molar-refractivity contribution in [3.05, 3.63) is 60.3 Å². The summed E-state index contributed by atoms with van der Waals surface area (Å²) >= 11 is 0. The summed E-state index contributed by atoms with van der Waals surface area (Å²) in [5, 5.41) is 6.34. The fraction of sp³-hybridized carbons (Fsp3) is 0.286. The van der Waals surface area contributed by atoms with Crippen LogP contribution in [0.2, 0.25) is 0 Å². The Labute approximate surface area is 173 Å². The molecule has 1 fully saturated rings. The van der Waals surface area contributed by atoms with Crippen LogP contribution in [0.5, 0.6) is 0 Å². The Bertz CT molecular complexity index is 1140. The number of nitrogens with zero attached hydrogens (tertiary/aromatic N) is 4. The smallest absolute Gasteiger partial charge is 0.311 e. The first kappa shape index (κ1) is 18.4. The number of H-pyrrole nitrogens is 1. The fourth-order valence-corrected chi connectivity index (χ4v) is 3.76. The van der Waals surface area contributed by atoms with Crippen molar-refractivity contribution in [1.82, 2.24) is 35.4 Å². The zero-order chi connectivity index (χ0) is 20.5. The number of nitrogens with one attached hydrogen (secondary N) is 3. The van der Waals surface area contributed by atoms with Crippen molar-refractivity contribution in [2.24, 2.45) is 0 Å². The Morgan fingerprint density at radius 1 is 1.23 bits per heavy atom. The van der Waals surface area contributed by atoms with Gasteiger partial charge in [0.05, 0.1) is 35.0 Å². The van der Waals surface area contributed by atoms with Gasteiger partial charge >= 0.3 is 5.91 Å². The molecule has 2 aliphatic heterocycles. The molecule has 9 nitrogen and oxygen atoms in total. The number of fused-ring (bicyclic) bond motifs is 1. The van der Waals surface area contributed by atoms with Crippen molar-refractivity contribution in [1.29, 1.82) is 0 Å². The van der Waals surface area contributed by atoms with E-state index >= 15 is 0 Å². The molecule has 1 saturated heterocycles. The quantitative estimate of drug-likeness (QED) is 0.605.